The number of fused-ring (bicyclic) bond motifs is 3. The van der Waals surface area contributed by atoms with Gasteiger partial charge in [0.05, 0.1) is 0 Å². The van der Waals surface area contributed by atoms with Gasteiger partial charge in [0.25, 0.3) is 5.82 Å². The first-order valence-electron chi connectivity index (χ1n) is 6.92. The summed E-state index contributed by atoms with van der Waals surface area (Å²) in [6, 6.07) is 0. The molecule has 6 heteroatoms. The number of hydrogen-bond acceptors (Lipinski definition) is 4. The maximum absolute atomic E-state index is 10.6. The van der Waals surface area contributed by atoms with E-state index in [1.54, 1.807) is 6.33 Å². The smallest absolute Gasteiger partial charge is 0.306 e. The fraction of sp³-hybridized carbons (Fsp3) is 0.500. The van der Waals surface area contributed by atoms with Crippen LogP contribution in [0.25, 0.3) is 11.2 Å². The van der Waals surface area contributed by atoms with E-state index in [0.717, 1.165) is 19.3 Å². The average molecular weight is 270 g/mol. The molecule has 2 heterocycles. The first-order valence-corrected chi connectivity index (χ1v) is 6.92. The van der Waals surface area contributed by atoms with Crippen molar-refractivity contribution in [3.63, 3.8) is 0 Å². The Kier molecular flexibility index (Phi) is 2.30. The molecule has 2 aromatic rings. The highest BCUT2D eigenvalue weighted by Gasteiger charge is 2.49. The van der Waals surface area contributed by atoms with Crippen LogP contribution in [0, 0.1) is 23.7 Å². The number of nitrogens with one attached hydrogen (secondary N) is 2. The van der Waals surface area contributed by atoms with Crippen LogP contribution in [0.1, 0.15) is 31.5 Å². The van der Waals surface area contributed by atoms with Gasteiger partial charge in [0.15, 0.2) is 12.1 Å². The van der Waals surface area contributed by atoms with Crippen LogP contribution in [0.15, 0.2) is 6.33 Å². The normalized spacial score (nSPS) is 31.4. The lowest BCUT2D eigenvalue weighted by atomic mass is 9.85. The number of H-pyrrole nitrogens is 2. The van der Waals surface area contributed by atoms with E-state index in [1.165, 1.54) is 6.42 Å². The number of nitrogens with zero attached hydrogens (tertiary/aromatic N) is 2. The molecule has 3 atom stereocenters. The lowest BCUT2D eigenvalue weighted by Gasteiger charge is -2.26. The molecule has 0 amide bonds. The quantitative estimate of drug-likeness (QED) is 0.597. The molecule has 2 fully saturated rings. The molecule has 2 bridgehead atoms. The Hall–Kier alpha value is -2.13. The number of hydrogen-bond donors (Lipinski definition) is 3. The van der Waals surface area contributed by atoms with Gasteiger partial charge in [0, 0.05) is 0 Å². The second-order valence-electron chi connectivity index (χ2n) is 5.84. The van der Waals surface area contributed by atoms with Gasteiger partial charge >= 0.3 is 5.65 Å². The maximum Gasteiger partial charge on any atom is 0.306 e. The third kappa shape index (κ3) is 1.67. The third-order valence-corrected chi connectivity index (χ3v) is 4.57. The van der Waals surface area contributed by atoms with E-state index in [1.807, 2.05) is 0 Å². The van der Waals surface area contributed by atoms with Gasteiger partial charge in [0.1, 0.15) is 5.60 Å². The van der Waals surface area contributed by atoms with E-state index in [-0.39, 0.29) is 0 Å². The highest BCUT2D eigenvalue weighted by atomic mass is 16.3. The van der Waals surface area contributed by atoms with Crippen molar-refractivity contribution in [2.75, 3.05) is 5.73 Å². The van der Waals surface area contributed by atoms with E-state index in [0.29, 0.717) is 34.6 Å². The summed E-state index contributed by atoms with van der Waals surface area (Å²) in [6.45, 7) is 0. The molecule has 2 saturated carbocycles. The van der Waals surface area contributed by atoms with Gasteiger partial charge in [-0.25, -0.2) is 4.98 Å². The van der Waals surface area contributed by atoms with Crippen molar-refractivity contribution in [3.05, 3.63) is 12.2 Å². The minimum atomic E-state index is -0.863. The van der Waals surface area contributed by atoms with E-state index in [4.69, 9.17) is 5.73 Å². The largest absolute Gasteiger partial charge is 0.380 e. The van der Waals surface area contributed by atoms with Crippen LogP contribution in [0.5, 0.6) is 0 Å². The number of aromatic nitrogens is 4. The van der Waals surface area contributed by atoms with Crippen molar-refractivity contribution in [3.8, 4) is 11.8 Å². The lowest BCUT2D eigenvalue weighted by Crippen LogP contribution is -2.33. The molecule has 3 unspecified atom stereocenters. The third-order valence-electron chi connectivity index (χ3n) is 4.57. The monoisotopic (exact) mass is 270 g/mol. The first kappa shape index (κ1) is 11.7. The molecule has 0 radical (unpaired) electrons. The zero-order valence-electron chi connectivity index (χ0n) is 11.0. The van der Waals surface area contributed by atoms with Crippen molar-refractivity contribution in [2.45, 2.75) is 31.3 Å². The number of anilines is 1. The Labute approximate surface area is 115 Å². The van der Waals surface area contributed by atoms with E-state index >= 15 is 0 Å². The Morgan fingerprint density at radius 2 is 2.35 bits per heavy atom. The number of nitrogens with two attached hydrogens (primary N) is 1. The molecule has 4 rings (SSSR count). The highest BCUT2D eigenvalue weighted by Crippen LogP contribution is 2.50. The van der Waals surface area contributed by atoms with Gasteiger partial charge in [-0.1, -0.05) is 10.9 Å². The standard InChI is InChI=1S/C14H15N5O/c15-12-11-13(17-7-16-11)19-10(18-12)3-4-14(20)6-8-1-2-9(14)5-8/h7-9,20H,1-2,5-6H2,(H3,15,16,17,18,19)/p+1. The van der Waals surface area contributed by atoms with Gasteiger partial charge < -0.3 is 10.8 Å². The van der Waals surface area contributed by atoms with E-state index < -0.39 is 5.60 Å². The average Bonchev–Trinajstić information content (AvgIpc) is 3.10. The zero-order valence-corrected chi connectivity index (χ0v) is 11.0. The summed E-state index contributed by atoms with van der Waals surface area (Å²) in [5.41, 5.74) is 6.28. The second kappa shape index (κ2) is 3.93. The lowest BCUT2D eigenvalue weighted by molar-refractivity contribution is -0.347. The molecule has 2 aliphatic carbocycles. The number of aromatic amines is 2. The fourth-order valence-corrected chi connectivity index (χ4v) is 3.58. The number of rotatable bonds is 0. The summed E-state index contributed by atoms with van der Waals surface area (Å²) >= 11 is 0. The Morgan fingerprint density at radius 1 is 1.45 bits per heavy atom. The molecule has 0 aromatic carbocycles. The molecule has 102 valence electrons. The molecule has 6 nitrogen and oxygen atoms in total. The fourth-order valence-electron chi connectivity index (χ4n) is 3.58. The number of imidazole rings is 1. The summed E-state index contributed by atoms with van der Waals surface area (Å²) in [5, 5.41) is 10.6. The van der Waals surface area contributed by atoms with E-state index in [9.17, 15) is 5.11 Å². The van der Waals surface area contributed by atoms with Gasteiger partial charge in [-0.3, -0.25) is 4.98 Å². The number of nitrogen functional groups attached to an aromatic ring is 1. The maximum atomic E-state index is 10.6. The van der Waals surface area contributed by atoms with Crippen molar-refractivity contribution in [2.24, 2.45) is 11.8 Å². The van der Waals surface area contributed by atoms with Crippen LogP contribution < -0.4 is 10.7 Å². The summed E-state index contributed by atoms with van der Waals surface area (Å²) < 4.78 is 0. The summed E-state index contributed by atoms with van der Waals surface area (Å²) in [6.07, 6.45) is 5.82. The summed E-state index contributed by atoms with van der Waals surface area (Å²) in [5.74, 6) is 7.54. The predicted octanol–water partition coefficient (Wildman–Crippen LogP) is 0.257. The van der Waals surface area contributed by atoms with Crippen molar-refractivity contribution in [1.29, 1.82) is 0 Å². The topological polar surface area (TPSA) is 102 Å². The van der Waals surface area contributed by atoms with Gasteiger partial charge in [-0.15, -0.1) is 0 Å². The molecule has 0 aliphatic heterocycles. The molecule has 2 aromatic heterocycles. The highest BCUT2D eigenvalue weighted by molar-refractivity contribution is 5.78. The van der Waals surface area contributed by atoms with Gasteiger partial charge in [-0.05, 0) is 43.4 Å². The predicted molar refractivity (Wildman–Crippen MR) is 72.1 cm³/mol. The van der Waals surface area contributed by atoms with Crippen LogP contribution in [-0.2, 0) is 0 Å². The minimum absolute atomic E-state index is 0.305. The van der Waals surface area contributed by atoms with Crippen molar-refractivity contribution >= 4 is 17.0 Å². The van der Waals surface area contributed by atoms with Crippen LogP contribution in [0.4, 0.5) is 5.82 Å². The molecular weight excluding hydrogens is 254 g/mol. The van der Waals surface area contributed by atoms with Crippen molar-refractivity contribution < 1.29 is 10.1 Å². The minimum Gasteiger partial charge on any atom is -0.380 e. The van der Waals surface area contributed by atoms with Crippen LogP contribution in [-0.4, -0.2) is 25.7 Å². The second-order valence-corrected chi connectivity index (χ2v) is 5.84. The van der Waals surface area contributed by atoms with Crippen molar-refractivity contribution in [1.82, 2.24) is 15.0 Å². The van der Waals surface area contributed by atoms with Gasteiger partial charge in [0.2, 0.25) is 5.52 Å². The molecule has 20 heavy (non-hydrogen) atoms. The zero-order chi connectivity index (χ0) is 13.7. The summed E-state index contributed by atoms with van der Waals surface area (Å²) in [7, 11) is 0. The molecule has 0 saturated heterocycles. The SMILES string of the molecule is Nc1nc(C#CC2(O)CC3CCC2C3)nc2[nH+]c[nH]c12. The van der Waals surface area contributed by atoms with Crippen LogP contribution in [0.3, 0.4) is 0 Å². The van der Waals surface area contributed by atoms with Crippen LogP contribution >= 0.6 is 0 Å². The molecule has 5 N–H and O–H groups in total. The number of aliphatic hydroxyl groups is 1. The molecule has 0 spiro atoms. The van der Waals surface area contributed by atoms with Gasteiger partial charge in [-0.2, -0.15) is 4.98 Å². The van der Waals surface area contributed by atoms with E-state index in [2.05, 4.69) is 31.8 Å². The Balaban J connectivity index is 1.70. The molecule has 2 aliphatic rings. The van der Waals surface area contributed by atoms with Crippen LogP contribution in [0.2, 0.25) is 0 Å². The summed E-state index contributed by atoms with van der Waals surface area (Å²) in [4.78, 5) is 14.3. The Morgan fingerprint density at radius 3 is 3.10 bits per heavy atom. The molecular formula is C14H16N5O+. The first-order chi connectivity index (χ1) is 9.64. The Bertz CT molecular complexity index is 743.